The number of carbonyl (C=O) groups excluding carboxylic acids is 1. The summed E-state index contributed by atoms with van der Waals surface area (Å²) in [6.07, 6.45) is 0.738. The molecule has 2 fully saturated rings. The number of hydrogen-bond acceptors (Lipinski definition) is 4. The predicted octanol–water partition coefficient (Wildman–Crippen LogP) is 1.36. The molecule has 2 heterocycles. The van der Waals surface area contributed by atoms with Crippen molar-refractivity contribution in [1.29, 1.82) is 0 Å². The molecule has 1 amide bonds. The molecule has 1 N–H and O–H groups in total. The van der Waals surface area contributed by atoms with Crippen LogP contribution in [0.4, 0.5) is 5.69 Å². The minimum atomic E-state index is -2.94. The lowest BCUT2D eigenvalue weighted by Gasteiger charge is -2.17. The number of anilines is 1. The highest BCUT2D eigenvalue weighted by molar-refractivity contribution is 7.92. The largest absolute Gasteiger partial charge is 0.324 e. The van der Waals surface area contributed by atoms with Gasteiger partial charge in [0.25, 0.3) is 0 Å². The number of rotatable bonds is 3. The first-order chi connectivity index (χ1) is 10.4. The maximum absolute atomic E-state index is 12.3. The van der Waals surface area contributed by atoms with Gasteiger partial charge in [0.15, 0.2) is 9.84 Å². The van der Waals surface area contributed by atoms with E-state index in [0.717, 1.165) is 23.2 Å². The van der Waals surface area contributed by atoms with E-state index >= 15 is 0 Å². The van der Waals surface area contributed by atoms with Crippen molar-refractivity contribution >= 4 is 21.4 Å². The number of amides is 1. The van der Waals surface area contributed by atoms with Crippen LogP contribution in [0.5, 0.6) is 0 Å². The van der Waals surface area contributed by atoms with Gasteiger partial charge >= 0.3 is 0 Å². The van der Waals surface area contributed by atoms with Crippen LogP contribution in [-0.2, 0) is 14.6 Å². The van der Waals surface area contributed by atoms with E-state index in [1.807, 2.05) is 36.9 Å². The number of hydrogen-bond donors (Lipinski definition) is 1. The molecular formula is C16H22N2O3S. The lowest BCUT2D eigenvalue weighted by atomic mass is 10.1. The molecule has 0 radical (unpaired) electrons. The summed E-state index contributed by atoms with van der Waals surface area (Å²) in [6.45, 7) is 5.40. The van der Waals surface area contributed by atoms with Crippen LogP contribution in [0.2, 0.25) is 0 Å². The van der Waals surface area contributed by atoms with Gasteiger partial charge in [-0.15, -0.1) is 0 Å². The van der Waals surface area contributed by atoms with Gasteiger partial charge < -0.3 is 5.32 Å². The third kappa shape index (κ3) is 2.90. The highest BCUT2D eigenvalue weighted by atomic mass is 32.2. The van der Waals surface area contributed by atoms with Crippen LogP contribution in [0.3, 0.4) is 0 Å². The van der Waals surface area contributed by atoms with E-state index < -0.39 is 9.84 Å². The molecule has 2 aliphatic rings. The number of nitrogens with zero attached hydrogens (tertiary/aromatic N) is 1. The molecule has 0 aliphatic carbocycles. The Morgan fingerprint density at radius 2 is 1.95 bits per heavy atom. The van der Waals surface area contributed by atoms with E-state index in [1.54, 1.807) is 0 Å². The van der Waals surface area contributed by atoms with Gasteiger partial charge in [-0.1, -0.05) is 18.2 Å². The number of likely N-dealkylation sites (tertiary alicyclic amines) is 1. The van der Waals surface area contributed by atoms with Crippen LogP contribution in [0.1, 0.15) is 17.5 Å². The van der Waals surface area contributed by atoms with E-state index in [-0.39, 0.29) is 23.6 Å². The minimum absolute atomic E-state index is 0.0743. The Labute approximate surface area is 131 Å². The molecule has 2 atom stereocenters. The van der Waals surface area contributed by atoms with Crippen LogP contribution < -0.4 is 5.32 Å². The molecule has 3 rings (SSSR count). The van der Waals surface area contributed by atoms with Gasteiger partial charge in [0.1, 0.15) is 0 Å². The normalized spacial score (nSPS) is 26.8. The first-order valence-electron chi connectivity index (χ1n) is 7.67. The van der Waals surface area contributed by atoms with E-state index in [1.165, 1.54) is 0 Å². The third-order valence-electron chi connectivity index (χ3n) is 4.80. The summed E-state index contributed by atoms with van der Waals surface area (Å²) in [6, 6.07) is 5.90. The Morgan fingerprint density at radius 1 is 1.27 bits per heavy atom. The Balaban J connectivity index is 1.62. The van der Waals surface area contributed by atoms with E-state index in [0.29, 0.717) is 18.8 Å². The van der Waals surface area contributed by atoms with Crippen LogP contribution in [0, 0.1) is 19.8 Å². The van der Waals surface area contributed by atoms with E-state index in [4.69, 9.17) is 0 Å². The van der Waals surface area contributed by atoms with Crippen molar-refractivity contribution in [3.63, 3.8) is 0 Å². The van der Waals surface area contributed by atoms with Crippen molar-refractivity contribution in [3.05, 3.63) is 29.3 Å². The molecule has 6 heteroatoms. The first-order valence-corrected chi connectivity index (χ1v) is 9.38. The monoisotopic (exact) mass is 322 g/mol. The second-order valence-electron chi connectivity index (χ2n) is 6.46. The van der Waals surface area contributed by atoms with Gasteiger partial charge in [0, 0.05) is 18.8 Å². The molecule has 0 unspecified atom stereocenters. The Bertz CT molecular complexity index is 679. The molecule has 120 valence electrons. The van der Waals surface area contributed by atoms with Crippen LogP contribution >= 0.6 is 0 Å². The number of sulfone groups is 1. The van der Waals surface area contributed by atoms with Crippen molar-refractivity contribution in [2.45, 2.75) is 25.5 Å². The summed E-state index contributed by atoms with van der Waals surface area (Å²) in [5, 5.41) is 2.70. The standard InChI is InChI=1S/C16H22N2O3S/c1-11-4-3-5-12(2)16(11)17-15(19)10-18-8-13-6-7-22(20,21)14(13)9-18/h3-5,13-14H,6-10H2,1-2H3,(H,17,19)/t13-,14+/m0/s1. The summed E-state index contributed by atoms with van der Waals surface area (Å²) in [5.41, 5.74) is 2.93. The fourth-order valence-corrected chi connectivity index (χ4v) is 5.78. The molecule has 1 aromatic carbocycles. The quantitative estimate of drug-likeness (QED) is 0.912. The Hall–Kier alpha value is -1.40. The molecule has 2 aliphatic heterocycles. The number of carbonyl (C=O) groups is 1. The van der Waals surface area contributed by atoms with Gasteiger partial charge in [-0.25, -0.2) is 8.42 Å². The van der Waals surface area contributed by atoms with E-state index in [9.17, 15) is 13.2 Å². The molecule has 22 heavy (non-hydrogen) atoms. The third-order valence-corrected chi connectivity index (χ3v) is 7.07. The second kappa shape index (κ2) is 5.66. The predicted molar refractivity (Wildman–Crippen MR) is 86.7 cm³/mol. The summed E-state index contributed by atoms with van der Waals surface area (Å²) in [4.78, 5) is 14.2. The number of aryl methyl sites for hydroxylation is 2. The lowest BCUT2D eigenvalue weighted by molar-refractivity contribution is -0.117. The zero-order chi connectivity index (χ0) is 15.9. The molecule has 2 saturated heterocycles. The van der Waals surface area contributed by atoms with Crippen LogP contribution in [0.25, 0.3) is 0 Å². The SMILES string of the molecule is Cc1cccc(C)c1NC(=O)CN1C[C@@H]2CCS(=O)(=O)[C@@H]2C1. The van der Waals surface area contributed by atoms with Crippen molar-refractivity contribution in [1.82, 2.24) is 4.90 Å². The summed E-state index contributed by atoms with van der Waals surface area (Å²) in [5.74, 6) is 0.442. The summed E-state index contributed by atoms with van der Waals surface area (Å²) in [7, 11) is -2.94. The van der Waals surface area contributed by atoms with Gasteiger partial charge in [-0.2, -0.15) is 0 Å². The topological polar surface area (TPSA) is 66.5 Å². The molecule has 0 aromatic heterocycles. The van der Waals surface area contributed by atoms with Gasteiger partial charge in [0.05, 0.1) is 17.5 Å². The number of fused-ring (bicyclic) bond motifs is 1. The molecule has 1 aromatic rings. The van der Waals surface area contributed by atoms with Crippen molar-refractivity contribution < 1.29 is 13.2 Å². The molecule has 5 nitrogen and oxygen atoms in total. The number of benzene rings is 1. The fraction of sp³-hybridized carbons (Fsp3) is 0.562. The van der Waals surface area contributed by atoms with Crippen molar-refractivity contribution in [2.24, 2.45) is 5.92 Å². The zero-order valence-corrected chi connectivity index (χ0v) is 13.8. The summed E-state index contributed by atoms with van der Waals surface area (Å²) < 4.78 is 23.9. The maximum atomic E-state index is 12.3. The van der Waals surface area contributed by atoms with Crippen molar-refractivity contribution in [3.8, 4) is 0 Å². The van der Waals surface area contributed by atoms with Gasteiger partial charge in [0.2, 0.25) is 5.91 Å². The molecule has 0 saturated carbocycles. The summed E-state index contributed by atoms with van der Waals surface area (Å²) >= 11 is 0. The average Bonchev–Trinajstić information content (AvgIpc) is 2.95. The molecule has 0 bridgehead atoms. The Kier molecular flexibility index (Phi) is 3.99. The van der Waals surface area contributed by atoms with Gasteiger partial charge in [-0.3, -0.25) is 9.69 Å². The smallest absolute Gasteiger partial charge is 0.238 e. The zero-order valence-electron chi connectivity index (χ0n) is 13.0. The molecule has 0 spiro atoms. The average molecular weight is 322 g/mol. The van der Waals surface area contributed by atoms with Crippen LogP contribution in [-0.4, -0.2) is 49.9 Å². The van der Waals surface area contributed by atoms with Crippen molar-refractivity contribution in [2.75, 3.05) is 30.7 Å². The highest BCUT2D eigenvalue weighted by Gasteiger charge is 2.46. The van der Waals surface area contributed by atoms with Crippen LogP contribution in [0.15, 0.2) is 18.2 Å². The first kappa shape index (κ1) is 15.5. The van der Waals surface area contributed by atoms with E-state index in [2.05, 4.69) is 5.32 Å². The fourth-order valence-electron chi connectivity index (χ4n) is 3.60. The maximum Gasteiger partial charge on any atom is 0.238 e. The minimum Gasteiger partial charge on any atom is -0.324 e. The highest BCUT2D eigenvalue weighted by Crippen LogP contribution is 2.33. The number of para-hydroxylation sites is 1. The number of nitrogens with one attached hydrogen (secondary N) is 1. The lowest BCUT2D eigenvalue weighted by Crippen LogP contribution is -2.34. The second-order valence-corrected chi connectivity index (χ2v) is 8.80. The van der Waals surface area contributed by atoms with Gasteiger partial charge in [-0.05, 0) is 37.3 Å². The molecular weight excluding hydrogens is 300 g/mol. The Morgan fingerprint density at radius 3 is 2.59 bits per heavy atom.